The lowest BCUT2D eigenvalue weighted by Crippen LogP contribution is -2.48. The van der Waals surface area contributed by atoms with Crippen LogP contribution in [0.1, 0.15) is 47.2 Å². The number of guanidine groups is 1. The predicted molar refractivity (Wildman–Crippen MR) is 130 cm³/mol. The summed E-state index contributed by atoms with van der Waals surface area (Å²) in [6.45, 7) is 0.880. The molecule has 1 fully saturated rings. The molecule has 0 atom stereocenters. The van der Waals surface area contributed by atoms with Gasteiger partial charge in [-0.05, 0) is 67.5 Å². The van der Waals surface area contributed by atoms with Gasteiger partial charge in [-0.25, -0.2) is 11.7 Å². The number of halogens is 5. The van der Waals surface area contributed by atoms with Crippen LogP contribution in [0.3, 0.4) is 0 Å². The lowest BCUT2D eigenvalue weighted by molar-refractivity contribution is -0.137. The summed E-state index contributed by atoms with van der Waals surface area (Å²) in [5.41, 5.74) is 2.36. The second kappa shape index (κ2) is 11.9. The first-order valence-corrected chi connectivity index (χ1v) is 11.8. The number of nitrogens with zero attached hydrogens (tertiary/aromatic N) is 2. The largest absolute Gasteiger partial charge is 0.416 e. The molecule has 12 heteroatoms. The van der Waals surface area contributed by atoms with Gasteiger partial charge < -0.3 is 5.32 Å². The fourth-order valence-electron chi connectivity index (χ4n) is 3.92. The number of rotatable bonds is 6. The molecule has 0 bridgehead atoms. The molecule has 2 aromatic carbocycles. The Hall–Kier alpha value is -2.53. The summed E-state index contributed by atoms with van der Waals surface area (Å²) in [5, 5.41) is 4.82. The Morgan fingerprint density at radius 1 is 1.09 bits per heavy atom. The van der Waals surface area contributed by atoms with Crippen LogP contribution in [0.4, 0.5) is 13.2 Å². The highest BCUT2D eigenvalue weighted by Crippen LogP contribution is 2.32. The number of hydrogen-bond acceptors (Lipinski definition) is 4. The van der Waals surface area contributed by atoms with Gasteiger partial charge in [0.2, 0.25) is 5.96 Å². The molecule has 190 valence electrons. The van der Waals surface area contributed by atoms with Crippen LogP contribution < -0.4 is 22.4 Å². The number of amides is 1. The van der Waals surface area contributed by atoms with Crippen molar-refractivity contribution in [3.05, 3.63) is 69.2 Å². The number of nitrogens with two attached hydrogens (primary N) is 2. The van der Waals surface area contributed by atoms with Crippen molar-refractivity contribution in [3.63, 3.8) is 0 Å². The first-order valence-electron chi connectivity index (χ1n) is 11.0. The van der Waals surface area contributed by atoms with Crippen LogP contribution in [0.2, 0.25) is 10.0 Å². The number of carbonyl (C=O) groups excluding carboxylic acids is 1. The van der Waals surface area contributed by atoms with E-state index in [1.54, 1.807) is 12.1 Å². The monoisotopic (exact) mass is 530 g/mol. The van der Waals surface area contributed by atoms with Gasteiger partial charge in [0.1, 0.15) is 0 Å². The van der Waals surface area contributed by atoms with E-state index in [9.17, 15) is 18.0 Å². The van der Waals surface area contributed by atoms with Crippen LogP contribution >= 0.6 is 23.2 Å². The Balaban J connectivity index is 1.51. The third-order valence-corrected chi connectivity index (χ3v) is 6.47. The fraction of sp³-hybridized carbons (Fsp3) is 0.391. The zero-order chi connectivity index (χ0) is 25.6. The van der Waals surface area contributed by atoms with Gasteiger partial charge in [0.25, 0.3) is 5.91 Å². The van der Waals surface area contributed by atoms with E-state index in [1.165, 1.54) is 5.01 Å². The van der Waals surface area contributed by atoms with Crippen molar-refractivity contribution in [1.29, 1.82) is 0 Å². The standard InChI is InChI=1S/C23H27Cl2F3N6O/c24-17-6-1-15(2-7-17)13-34(30)22(33-29)31-12-14-3-8-18(9-4-14)32-21(35)19-11-16(23(26,27)28)5-10-20(19)25/h1-2,5-7,10-11,14,18H,3-4,8-9,12-13,29-30H2,(H,31,33)(H,32,35). The molecule has 3 rings (SSSR count). The number of nitrogens with one attached hydrogen (secondary N) is 2. The van der Waals surface area contributed by atoms with Gasteiger partial charge in [-0.2, -0.15) is 13.2 Å². The van der Waals surface area contributed by atoms with Crippen LogP contribution in [0, 0.1) is 5.92 Å². The van der Waals surface area contributed by atoms with Gasteiger partial charge in [0.15, 0.2) is 0 Å². The zero-order valence-corrected chi connectivity index (χ0v) is 20.3. The summed E-state index contributed by atoms with van der Waals surface area (Å²) in [6.07, 6.45) is -1.64. The second-order valence-corrected chi connectivity index (χ2v) is 9.29. The first kappa shape index (κ1) is 27.1. The minimum atomic E-state index is -4.55. The Morgan fingerprint density at radius 3 is 2.34 bits per heavy atom. The van der Waals surface area contributed by atoms with Crippen molar-refractivity contribution in [1.82, 2.24) is 15.8 Å². The molecular formula is C23H27Cl2F3N6O. The van der Waals surface area contributed by atoms with E-state index in [-0.39, 0.29) is 22.5 Å². The molecule has 1 amide bonds. The second-order valence-electron chi connectivity index (χ2n) is 8.45. The third-order valence-electron chi connectivity index (χ3n) is 5.89. The van der Waals surface area contributed by atoms with Gasteiger partial charge in [0.05, 0.1) is 22.7 Å². The van der Waals surface area contributed by atoms with Gasteiger partial charge in [-0.3, -0.25) is 20.2 Å². The quantitative estimate of drug-likeness (QED) is 0.190. The van der Waals surface area contributed by atoms with E-state index in [2.05, 4.69) is 15.7 Å². The lowest BCUT2D eigenvalue weighted by atomic mass is 9.86. The minimum absolute atomic E-state index is 0.0229. The summed E-state index contributed by atoms with van der Waals surface area (Å²) >= 11 is 11.9. The van der Waals surface area contributed by atoms with Crippen molar-refractivity contribution in [3.8, 4) is 0 Å². The Kier molecular flexibility index (Phi) is 9.23. The number of hydrazine groups is 2. The highest BCUT2D eigenvalue weighted by Gasteiger charge is 2.32. The number of aliphatic imine (C=N–C) groups is 1. The summed E-state index contributed by atoms with van der Waals surface area (Å²) in [5.74, 6) is 11.7. The van der Waals surface area contributed by atoms with Crippen molar-refractivity contribution in [2.45, 2.75) is 44.4 Å². The number of hydrogen-bond donors (Lipinski definition) is 4. The van der Waals surface area contributed by atoms with E-state index in [1.807, 2.05) is 12.1 Å². The van der Waals surface area contributed by atoms with Crippen molar-refractivity contribution >= 4 is 35.1 Å². The molecule has 0 radical (unpaired) electrons. The molecule has 0 aliphatic heterocycles. The van der Waals surface area contributed by atoms with Gasteiger partial charge in [-0.15, -0.1) is 0 Å². The molecule has 35 heavy (non-hydrogen) atoms. The van der Waals surface area contributed by atoms with Crippen molar-refractivity contribution < 1.29 is 18.0 Å². The number of carbonyl (C=O) groups is 1. The van der Waals surface area contributed by atoms with E-state index < -0.39 is 17.6 Å². The molecule has 0 aromatic heterocycles. The van der Waals surface area contributed by atoms with Crippen molar-refractivity contribution in [2.24, 2.45) is 22.6 Å². The van der Waals surface area contributed by atoms with E-state index >= 15 is 0 Å². The molecular weight excluding hydrogens is 504 g/mol. The number of benzene rings is 2. The maximum atomic E-state index is 13.0. The summed E-state index contributed by atoms with van der Waals surface area (Å²) in [7, 11) is 0. The molecule has 0 heterocycles. The minimum Gasteiger partial charge on any atom is -0.349 e. The molecule has 1 aliphatic carbocycles. The summed E-state index contributed by atoms with van der Waals surface area (Å²) < 4.78 is 38.9. The summed E-state index contributed by atoms with van der Waals surface area (Å²) in [4.78, 5) is 17.1. The molecule has 0 spiro atoms. The van der Waals surface area contributed by atoms with Gasteiger partial charge >= 0.3 is 6.18 Å². The maximum absolute atomic E-state index is 13.0. The van der Waals surface area contributed by atoms with Crippen LogP contribution in [-0.4, -0.2) is 29.5 Å². The van der Waals surface area contributed by atoms with Crippen LogP contribution in [0.25, 0.3) is 0 Å². The maximum Gasteiger partial charge on any atom is 0.416 e. The van der Waals surface area contributed by atoms with Crippen LogP contribution in [-0.2, 0) is 12.7 Å². The predicted octanol–water partition coefficient (Wildman–Crippen LogP) is 4.50. The molecule has 7 nitrogen and oxygen atoms in total. The Bertz CT molecular complexity index is 1040. The fourth-order valence-corrected chi connectivity index (χ4v) is 4.25. The SMILES string of the molecule is NNC(=NCC1CCC(NC(=O)c2cc(C(F)(F)F)ccc2Cl)CC1)N(N)Cc1ccc(Cl)cc1. The van der Waals surface area contributed by atoms with E-state index in [4.69, 9.17) is 34.9 Å². The molecule has 2 aromatic rings. The highest BCUT2D eigenvalue weighted by atomic mass is 35.5. The third kappa shape index (κ3) is 7.73. The zero-order valence-electron chi connectivity index (χ0n) is 18.8. The average Bonchev–Trinajstić information content (AvgIpc) is 2.81. The van der Waals surface area contributed by atoms with Gasteiger partial charge in [-0.1, -0.05) is 35.3 Å². The van der Waals surface area contributed by atoms with Gasteiger partial charge in [0, 0.05) is 17.6 Å². The van der Waals surface area contributed by atoms with Crippen LogP contribution in [0.15, 0.2) is 47.5 Å². The molecule has 0 saturated heterocycles. The van der Waals surface area contributed by atoms with Crippen LogP contribution in [0.5, 0.6) is 0 Å². The van der Waals surface area contributed by atoms with E-state index in [0.717, 1.165) is 36.6 Å². The normalized spacial score (nSPS) is 18.8. The highest BCUT2D eigenvalue weighted by molar-refractivity contribution is 6.33. The number of alkyl halides is 3. The molecule has 1 aliphatic rings. The lowest BCUT2D eigenvalue weighted by Gasteiger charge is -2.29. The Labute approximate surface area is 211 Å². The van der Waals surface area contributed by atoms with E-state index in [0.29, 0.717) is 36.9 Å². The molecule has 0 unspecified atom stereocenters. The first-order chi connectivity index (χ1) is 16.6. The summed E-state index contributed by atoms with van der Waals surface area (Å²) in [6, 6.07) is 9.83. The topological polar surface area (TPSA) is 109 Å². The smallest absolute Gasteiger partial charge is 0.349 e. The molecule has 6 N–H and O–H groups in total. The van der Waals surface area contributed by atoms with Crippen molar-refractivity contribution in [2.75, 3.05) is 6.54 Å². The molecule has 1 saturated carbocycles. The Morgan fingerprint density at radius 2 is 1.74 bits per heavy atom. The average molecular weight is 531 g/mol.